The quantitative estimate of drug-likeness (QED) is 0.441. The van der Waals surface area contributed by atoms with Crippen molar-refractivity contribution in [2.45, 2.75) is 36.4 Å². The monoisotopic (exact) mass is 396 g/mol. The second-order valence-electron chi connectivity index (χ2n) is 7.65. The second kappa shape index (κ2) is 5.96. The molecule has 28 heavy (non-hydrogen) atoms. The van der Waals surface area contributed by atoms with Crippen molar-refractivity contribution >= 4 is 23.2 Å². The fourth-order valence-electron chi connectivity index (χ4n) is 5.57. The molecule has 0 N–H and O–H groups in total. The Labute approximate surface area is 166 Å². The van der Waals surface area contributed by atoms with Crippen molar-refractivity contribution in [3.8, 4) is 0 Å². The summed E-state index contributed by atoms with van der Waals surface area (Å²) in [6, 6.07) is 12.0. The van der Waals surface area contributed by atoms with Gasteiger partial charge in [0.15, 0.2) is 17.1 Å². The molecule has 2 heterocycles. The lowest BCUT2D eigenvalue weighted by Gasteiger charge is -2.35. The van der Waals surface area contributed by atoms with Crippen LogP contribution >= 0.6 is 11.6 Å². The van der Waals surface area contributed by atoms with Crippen molar-refractivity contribution in [3.63, 3.8) is 0 Å². The van der Waals surface area contributed by atoms with Crippen molar-refractivity contribution in [2.75, 3.05) is 6.54 Å². The third kappa shape index (κ3) is 1.97. The molecular weight excluding hydrogens is 380 g/mol. The standard InChI is InChI=1S/C21H17ClN2O4/c22-15-9-4-3-8-14(15)17-18(24(27)28)16-10-5-11-23(16)21(17)19(25)12-6-1-2-7-13(12)20(21)26/h1-4,6-9,16-18H,5,10-11H2/t16-,17-,18+/m0/s1. The van der Waals surface area contributed by atoms with Crippen molar-refractivity contribution < 1.29 is 14.5 Å². The number of carbonyl (C=O) groups excluding carboxylic acids is 2. The summed E-state index contributed by atoms with van der Waals surface area (Å²) in [6.07, 6.45) is 1.31. The van der Waals surface area contributed by atoms with E-state index in [2.05, 4.69) is 0 Å². The maximum Gasteiger partial charge on any atom is 0.237 e. The van der Waals surface area contributed by atoms with Crippen LogP contribution in [0.4, 0.5) is 0 Å². The Bertz CT molecular complexity index is 1000. The second-order valence-corrected chi connectivity index (χ2v) is 8.06. The Morgan fingerprint density at radius 2 is 1.64 bits per heavy atom. The van der Waals surface area contributed by atoms with Crippen LogP contribution in [0, 0.1) is 10.1 Å². The molecule has 5 rings (SSSR count). The maximum atomic E-state index is 13.7. The fourth-order valence-corrected chi connectivity index (χ4v) is 5.82. The molecule has 2 aromatic carbocycles. The van der Waals surface area contributed by atoms with Gasteiger partial charge in [-0.15, -0.1) is 0 Å². The van der Waals surface area contributed by atoms with Gasteiger partial charge in [0.1, 0.15) is 0 Å². The first-order valence-electron chi connectivity index (χ1n) is 9.33. The van der Waals surface area contributed by atoms with Gasteiger partial charge in [0.05, 0.1) is 12.0 Å². The van der Waals surface area contributed by atoms with Crippen LogP contribution in [0.2, 0.25) is 5.02 Å². The molecule has 2 aliphatic heterocycles. The van der Waals surface area contributed by atoms with Gasteiger partial charge in [0.25, 0.3) is 0 Å². The fraction of sp³-hybridized carbons (Fsp3) is 0.333. The molecule has 3 aliphatic rings. The van der Waals surface area contributed by atoms with Gasteiger partial charge in [-0.05, 0) is 24.5 Å². The van der Waals surface area contributed by atoms with Gasteiger partial charge in [-0.1, -0.05) is 54.1 Å². The first-order chi connectivity index (χ1) is 13.5. The average molecular weight is 397 g/mol. The number of nitrogens with zero attached hydrogens (tertiary/aromatic N) is 2. The molecule has 2 aromatic rings. The van der Waals surface area contributed by atoms with Crippen LogP contribution in [-0.4, -0.2) is 45.6 Å². The minimum Gasteiger partial charge on any atom is -0.291 e. The number of rotatable bonds is 2. The summed E-state index contributed by atoms with van der Waals surface area (Å²) < 4.78 is 0. The summed E-state index contributed by atoms with van der Waals surface area (Å²) in [4.78, 5) is 41.1. The first-order valence-corrected chi connectivity index (χ1v) is 9.70. The highest BCUT2D eigenvalue weighted by molar-refractivity contribution is 6.35. The normalized spacial score (nSPS) is 28.0. The highest BCUT2D eigenvalue weighted by atomic mass is 35.5. The van der Waals surface area contributed by atoms with E-state index in [1.807, 2.05) is 0 Å². The maximum absolute atomic E-state index is 13.7. The van der Waals surface area contributed by atoms with Gasteiger partial charge in [-0.3, -0.25) is 24.6 Å². The van der Waals surface area contributed by atoms with E-state index in [9.17, 15) is 19.7 Å². The lowest BCUT2D eigenvalue weighted by Crippen LogP contribution is -2.56. The number of ketones is 2. The van der Waals surface area contributed by atoms with E-state index in [1.54, 1.807) is 53.4 Å². The van der Waals surface area contributed by atoms with Crippen LogP contribution in [0.5, 0.6) is 0 Å². The number of benzene rings is 2. The van der Waals surface area contributed by atoms with Gasteiger partial charge < -0.3 is 0 Å². The Morgan fingerprint density at radius 1 is 1.04 bits per heavy atom. The third-order valence-corrected chi connectivity index (χ3v) is 6.87. The molecule has 7 heteroatoms. The molecule has 1 spiro atoms. The minimum atomic E-state index is -1.59. The van der Waals surface area contributed by atoms with E-state index in [-0.39, 0.29) is 16.5 Å². The summed E-state index contributed by atoms with van der Waals surface area (Å²) in [5, 5.41) is 12.5. The summed E-state index contributed by atoms with van der Waals surface area (Å²) in [5.41, 5.74) is -0.402. The van der Waals surface area contributed by atoms with Crippen molar-refractivity contribution in [1.29, 1.82) is 0 Å². The summed E-state index contributed by atoms with van der Waals surface area (Å²) >= 11 is 6.44. The lowest BCUT2D eigenvalue weighted by molar-refractivity contribution is -0.527. The van der Waals surface area contributed by atoms with Crippen LogP contribution in [0.1, 0.15) is 45.0 Å². The molecule has 0 bridgehead atoms. The Hall–Kier alpha value is -2.57. The molecule has 0 radical (unpaired) electrons. The van der Waals surface area contributed by atoms with E-state index >= 15 is 0 Å². The number of halogens is 1. The number of Topliss-reactive ketones (excluding diaryl/α,β-unsaturated/α-hetero) is 2. The van der Waals surface area contributed by atoms with E-state index in [1.165, 1.54) is 0 Å². The van der Waals surface area contributed by atoms with E-state index in [0.717, 1.165) is 6.42 Å². The van der Waals surface area contributed by atoms with Crippen molar-refractivity contribution in [1.82, 2.24) is 4.90 Å². The number of fused-ring (bicyclic) bond motifs is 3. The van der Waals surface area contributed by atoms with Gasteiger partial charge in [-0.2, -0.15) is 0 Å². The largest absolute Gasteiger partial charge is 0.291 e. The molecule has 2 fully saturated rings. The smallest absolute Gasteiger partial charge is 0.237 e. The molecule has 2 saturated heterocycles. The summed E-state index contributed by atoms with van der Waals surface area (Å²) in [5.74, 6) is -1.60. The highest BCUT2D eigenvalue weighted by Crippen LogP contribution is 2.56. The lowest BCUT2D eigenvalue weighted by atomic mass is 9.73. The average Bonchev–Trinajstić information content (AvgIpc) is 3.32. The van der Waals surface area contributed by atoms with Crippen LogP contribution < -0.4 is 0 Å². The number of carbonyl (C=O) groups is 2. The Balaban J connectivity index is 1.82. The zero-order valence-electron chi connectivity index (χ0n) is 14.9. The number of hydrogen-bond acceptors (Lipinski definition) is 5. The Morgan fingerprint density at radius 3 is 2.25 bits per heavy atom. The molecule has 0 unspecified atom stereocenters. The third-order valence-electron chi connectivity index (χ3n) is 6.53. The first kappa shape index (κ1) is 17.5. The van der Waals surface area contributed by atoms with E-state index in [0.29, 0.717) is 34.7 Å². The van der Waals surface area contributed by atoms with E-state index in [4.69, 9.17) is 11.6 Å². The summed E-state index contributed by atoms with van der Waals surface area (Å²) in [6.45, 7) is 0.488. The SMILES string of the molecule is O=C1c2ccccc2C(=O)C12[C@@H](c1ccccc1Cl)[C@H]([N+](=O)[O-])[C@@H]1CCCN12. The zero-order chi connectivity index (χ0) is 19.6. The van der Waals surface area contributed by atoms with Crippen LogP contribution in [0.15, 0.2) is 48.5 Å². The highest BCUT2D eigenvalue weighted by Gasteiger charge is 2.74. The van der Waals surface area contributed by atoms with E-state index < -0.39 is 23.5 Å². The molecule has 0 saturated carbocycles. The predicted octanol–water partition coefficient (Wildman–Crippen LogP) is 3.36. The molecule has 3 atom stereocenters. The van der Waals surface area contributed by atoms with Crippen LogP contribution in [-0.2, 0) is 0 Å². The molecule has 1 aliphatic carbocycles. The van der Waals surface area contributed by atoms with Gasteiger partial charge >= 0.3 is 0 Å². The molecule has 142 valence electrons. The molecule has 0 amide bonds. The molecular formula is C21H17ClN2O4. The topological polar surface area (TPSA) is 80.5 Å². The Kier molecular flexibility index (Phi) is 3.73. The van der Waals surface area contributed by atoms with Gasteiger partial charge in [0.2, 0.25) is 6.04 Å². The van der Waals surface area contributed by atoms with Crippen molar-refractivity contribution in [2.24, 2.45) is 0 Å². The molecule has 0 aromatic heterocycles. The van der Waals surface area contributed by atoms with Crippen molar-refractivity contribution in [3.05, 3.63) is 80.4 Å². The van der Waals surface area contributed by atoms with Gasteiger partial charge in [-0.25, -0.2) is 0 Å². The number of nitro groups is 1. The molecule has 6 nitrogen and oxygen atoms in total. The predicted molar refractivity (Wildman–Crippen MR) is 103 cm³/mol. The van der Waals surface area contributed by atoms with Crippen LogP contribution in [0.25, 0.3) is 0 Å². The summed E-state index contributed by atoms with van der Waals surface area (Å²) in [7, 11) is 0. The number of hydrogen-bond donors (Lipinski definition) is 0. The van der Waals surface area contributed by atoms with Gasteiger partial charge in [0, 0.05) is 27.6 Å². The minimum absolute atomic E-state index is 0.324. The van der Waals surface area contributed by atoms with Crippen LogP contribution in [0.3, 0.4) is 0 Å². The zero-order valence-corrected chi connectivity index (χ0v) is 15.6.